The lowest BCUT2D eigenvalue weighted by Crippen LogP contribution is -2.36. The molecule has 0 saturated carbocycles. The molecule has 0 unspecified atom stereocenters. The van der Waals surface area contributed by atoms with Crippen LogP contribution in [0.3, 0.4) is 0 Å². The summed E-state index contributed by atoms with van der Waals surface area (Å²) in [6.07, 6.45) is 0. The van der Waals surface area contributed by atoms with Crippen LogP contribution in [-0.4, -0.2) is 43.0 Å². The molecular formula is C13H18N4OS. The van der Waals surface area contributed by atoms with Gasteiger partial charge in [0.15, 0.2) is 5.13 Å². The number of rotatable bonds is 4. The Balaban J connectivity index is 2.28. The summed E-state index contributed by atoms with van der Waals surface area (Å²) in [5.74, 6) is 0.0700. The topological polar surface area (TPSA) is 62.5 Å². The van der Waals surface area contributed by atoms with Gasteiger partial charge in [0.2, 0.25) is 5.91 Å². The number of hydrogen-bond acceptors (Lipinski definition) is 5. The van der Waals surface area contributed by atoms with Gasteiger partial charge < -0.3 is 15.5 Å². The van der Waals surface area contributed by atoms with E-state index in [1.165, 1.54) is 0 Å². The molecule has 1 heterocycles. The highest BCUT2D eigenvalue weighted by molar-refractivity contribution is 7.22. The van der Waals surface area contributed by atoms with Crippen LogP contribution in [0.15, 0.2) is 18.2 Å². The summed E-state index contributed by atoms with van der Waals surface area (Å²) in [5, 5.41) is 0.860. The Bertz CT molecular complexity index is 593. The van der Waals surface area contributed by atoms with Crippen molar-refractivity contribution in [1.29, 1.82) is 0 Å². The monoisotopic (exact) mass is 278 g/mol. The molecule has 0 fully saturated rings. The number of hydrogen-bond donors (Lipinski definition) is 1. The zero-order chi connectivity index (χ0) is 14.0. The number of nitrogen functional groups attached to an aromatic ring is 1. The number of nitrogens with zero attached hydrogens (tertiary/aromatic N) is 3. The van der Waals surface area contributed by atoms with E-state index >= 15 is 0 Å². The molecule has 1 aromatic carbocycles. The number of carbonyl (C=O) groups excluding carboxylic acids is 1. The van der Waals surface area contributed by atoms with Crippen molar-refractivity contribution in [1.82, 2.24) is 9.88 Å². The van der Waals surface area contributed by atoms with Crippen LogP contribution in [0.25, 0.3) is 10.2 Å². The average Bonchev–Trinajstić information content (AvgIpc) is 2.77. The fraction of sp³-hybridized carbons (Fsp3) is 0.385. The summed E-state index contributed by atoms with van der Waals surface area (Å²) in [6.45, 7) is 3.11. The Morgan fingerprint density at radius 2 is 2.16 bits per heavy atom. The molecule has 0 bridgehead atoms. The average molecular weight is 278 g/mol. The third-order valence-corrected chi connectivity index (χ3v) is 3.96. The predicted octanol–water partition coefficient (Wildman–Crippen LogP) is 1.79. The SMILES string of the molecule is CCN(CC(=O)N(C)C)c1nc2ccc(N)cc2s1. The van der Waals surface area contributed by atoms with E-state index in [9.17, 15) is 4.79 Å². The molecule has 0 saturated heterocycles. The minimum absolute atomic E-state index is 0.0700. The fourth-order valence-electron chi connectivity index (χ4n) is 1.68. The first-order valence-electron chi connectivity index (χ1n) is 6.12. The lowest BCUT2D eigenvalue weighted by molar-refractivity contribution is -0.127. The van der Waals surface area contributed by atoms with Crippen molar-refractivity contribution in [3.8, 4) is 0 Å². The van der Waals surface area contributed by atoms with Gasteiger partial charge in [0.25, 0.3) is 0 Å². The maximum absolute atomic E-state index is 11.8. The fourth-order valence-corrected chi connectivity index (χ4v) is 2.76. The third-order valence-electron chi connectivity index (χ3n) is 2.88. The first kappa shape index (κ1) is 13.6. The highest BCUT2D eigenvalue weighted by Crippen LogP contribution is 2.29. The van der Waals surface area contributed by atoms with E-state index in [0.29, 0.717) is 6.54 Å². The summed E-state index contributed by atoms with van der Waals surface area (Å²) in [7, 11) is 3.52. The van der Waals surface area contributed by atoms with Crippen LogP contribution in [-0.2, 0) is 4.79 Å². The van der Waals surface area contributed by atoms with Crippen molar-refractivity contribution in [2.75, 3.05) is 37.8 Å². The quantitative estimate of drug-likeness (QED) is 0.866. The zero-order valence-electron chi connectivity index (χ0n) is 11.4. The normalized spacial score (nSPS) is 10.7. The van der Waals surface area contributed by atoms with E-state index in [-0.39, 0.29) is 5.91 Å². The highest BCUT2D eigenvalue weighted by atomic mass is 32.1. The van der Waals surface area contributed by atoms with E-state index in [4.69, 9.17) is 5.73 Å². The molecule has 2 rings (SSSR count). The molecule has 6 heteroatoms. The van der Waals surface area contributed by atoms with Crippen molar-refractivity contribution in [3.63, 3.8) is 0 Å². The van der Waals surface area contributed by atoms with Gasteiger partial charge in [0.05, 0.1) is 16.8 Å². The maximum atomic E-state index is 11.8. The molecule has 0 spiro atoms. The third kappa shape index (κ3) is 2.96. The Labute approximate surface area is 116 Å². The first-order chi connectivity index (χ1) is 9.01. The number of thiazole rings is 1. The maximum Gasteiger partial charge on any atom is 0.241 e. The number of nitrogens with two attached hydrogens (primary N) is 1. The van der Waals surface area contributed by atoms with Crippen molar-refractivity contribution in [2.45, 2.75) is 6.92 Å². The Hall–Kier alpha value is -1.82. The molecule has 1 aromatic heterocycles. The second kappa shape index (κ2) is 5.44. The highest BCUT2D eigenvalue weighted by Gasteiger charge is 2.15. The molecule has 0 aliphatic carbocycles. The second-order valence-corrected chi connectivity index (χ2v) is 5.54. The van der Waals surface area contributed by atoms with Gasteiger partial charge in [-0.2, -0.15) is 0 Å². The van der Waals surface area contributed by atoms with E-state index in [1.54, 1.807) is 30.3 Å². The van der Waals surface area contributed by atoms with Crippen LogP contribution >= 0.6 is 11.3 Å². The number of amides is 1. The van der Waals surface area contributed by atoms with Gasteiger partial charge >= 0.3 is 0 Å². The largest absolute Gasteiger partial charge is 0.399 e. The lowest BCUT2D eigenvalue weighted by Gasteiger charge is -2.21. The molecule has 2 aromatic rings. The van der Waals surface area contributed by atoms with Gasteiger partial charge in [0.1, 0.15) is 0 Å². The Morgan fingerprint density at radius 3 is 2.79 bits per heavy atom. The standard InChI is InChI=1S/C13H18N4OS/c1-4-17(8-12(18)16(2)3)13-15-10-6-5-9(14)7-11(10)19-13/h5-7H,4,8,14H2,1-3H3. The summed E-state index contributed by atoms with van der Waals surface area (Å²) < 4.78 is 1.05. The molecule has 1 amide bonds. The van der Waals surface area contributed by atoms with Crippen LogP contribution < -0.4 is 10.6 Å². The summed E-state index contributed by atoms with van der Waals surface area (Å²) in [4.78, 5) is 19.9. The Morgan fingerprint density at radius 1 is 1.42 bits per heavy atom. The smallest absolute Gasteiger partial charge is 0.241 e. The van der Waals surface area contributed by atoms with E-state index < -0.39 is 0 Å². The van der Waals surface area contributed by atoms with Gasteiger partial charge in [-0.05, 0) is 25.1 Å². The number of likely N-dealkylation sites (N-methyl/N-ethyl adjacent to an activating group) is 2. The van der Waals surface area contributed by atoms with Gasteiger partial charge in [-0.3, -0.25) is 4.79 Å². The molecule has 0 radical (unpaired) electrons. The van der Waals surface area contributed by atoms with Crippen LogP contribution in [0.1, 0.15) is 6.92 Å². The Kier molecular flexibility index (Phi) is 3.90. The minimum atomic E-state index is 0.0700. The van der Waals surface area contributed by atoms with Crippen molar-refractivity contribution in [2.24, 2.45) is 0 Å². The summed E-state index contributed by atoms with van der Waals surface area (Å²) in [5.41, 5.74) is 7.42. The second-order valence-electron chi connectivity index (χ2n) is 4.53. The first-order valence-corrected chi connectivity index (χ1v) is 6.94. The van der Waals surface area contributed by atoms with Crippen molar-refractivity contribution >= 4 is 38.3 Å². The van der Waals surface area contributed by atoms with Gasteiger partial charge in [-0.15, -0.1) is 0 Å². The minimum Gasteiger partial charge on any atom is -0.399 e. The number of benzene rings is 1. The van der Waals surface area contributed by atoms with Crippen LogP contribution in [0, 0.1) is 0 Å². The van der Waals surface area contributed by atoms with Gasteiger partial charge in [0, 0.05) is 26.3 Å². The molecular weight excluding hydrogens is 260 g/mol. The molecule has 5 nitrogen and oxygen atoms in total. The van der Waals surface area contributed by atoms with Crippen molar-refractivity contribution < 1.29 is 4.79 Å². The van der Waals surface area contributed by atoms with Crippen LogP contribution in [0.4, 0.5) is 10.8 Å². The van der Waals surface area contributed by atoms with Crippen LogP contribution in [0.2, 0.25) is 0 Å². The summed E-state index contributed by atoms with van der Waals surface area (Å²) in [6, 6.07) is 5.66. The van der Waals surface area contributed by atoms with Crippen LogP contribution in [0.5, 0.6) is 0 Å². The molecule has 0 aliphatic heterocycles. The predicted molar refractivity (Wildman–Crippen MR) is 80.6 cm³/mol. The zero-order valence-corrected chi connectivity index (χ0v) is 12.2. The summed E-state index contributed by atoms with van der Waals surface area (Å²) >= 11 is 1.56. The molecule has 19 heavy (non-hydrogen) atoms. The van der Waals surface area contributed by atoms with E-state index in [1.807, 2.05) is 30.0 Å². The van der Waals surface area contributed by atoms with E-state index in [2.05, 4.69) is 4.98 Å². The number of anilines is 2. The molecule has 102 valence electrons. The number of fused-ring (bicyclic) bond motifs is 1. The number of aromatic nitrogens is 1. The van der Waals surface area contributed by atoms with Crippen molar-refractivity contribution in [3.05, 3.63) is 18.2 Å². The number of carbonyl (C=O) groups is 1. The van der Waals surface area contributed by atoms with E-state index in [0.717, 1.165) is 27.6 Å². The molecule has 0 aliphatic rings. The lowest BCUT2D eigenvalue weighted by atomic mass is 10.3. The molecule has 2 N–H and O–H groups in total. The van der Waals surface area contributed by atoms with Gasteiger partial charge in [-0.1, -0.05) is 11.3 Å². The molecule has 0 atom stereocenters. The van der Waals surface area contributed by atoms with Gasteiger partial charge in [-0.25, -0.2) is 4.98 Å².